The smallest absolute Gasteiger partial charge is 0.225 e. The second-order valence-corrected chi connectivity index (χ2v) is 5.91. The van der Waals surface area contributed by atoms with Gasteiger partial charge in [0.1, 0.15) is 0 Å². The monoisotopic (exact) mass is 252 g/mol. The molecule has 1 N–H and O–H groups in total. The summed E-state index contributed by atoms with van der Waals surface area (Å²) in [5, 5.41) is 3.42. The molecule has 1 saturated heterocycles. The highest BCUT2D eigenvalue weighted by Crippen LogP contribution is 2.27. The molecule has 2 aliphatic rings. The largest absolute Gasteiger partial charge is 0.342 e. The topological polar surface area (TPSA) is 32.3 Å². The first-order valence-electron chi connectivity index (χ1n) is 7.80. The third-order valence-corrected chi connectivity index (χ3v) is 4.56. The van der Waals surface area contributed by atoms with E-state index >= 15 is 0 Å². The van der Waals surface area contributed by atoms with Gasteiger partial charge >= 0.3 is 0 Å². The van der Waals surface area contributed by atoms with E-state index in [0.29, 0.717) is 11.8 Å². The van der Waals surface area contributed by atoms with Gasteiger partial charge in [0.2, 0.25) is 5.91 Å². The maximum absolute atomic E-state index is 12.4. The average molecular weight is 252 g/mol. The maximum atomic E-state index is 12.4. The normalized spacial score (nSPS) is 23.3. The van der Waals surface area contributed by atoms with Gasteiger partial charge in [0.15, 0.2) is 0 Å². The number of piperidine rings is 1. The highest BCUT2D eigenvalue weighted by atomic mass is 16.2. The lowest BCUT2D eigenvalue weighted by Crippen LogP contribution is -2.43. The highest BCUT2D eigenvalue weighted by Gasteiger charge is 2.28. The maximum Gasteiger partial charge on any atom is 0.225 e. The van der Waals surface area contributed by atoms with Crippen LogP contribution in [0.3, 0.4) is 0 Å². The fourth-order valence-electron chi connectivity index (χ4n) is 3.31. The summed E-state index contributed by atoms with van der Waals surface area (Å²) in [5.41, 5.74) is 0. The Bertz CT molecular complexity index is 253. The first-order chi connectivity index (χ1) is 8.81. The number of carbonyl (C=O) groups is 1. The molecule has 0 unspecified atom stereocenters. The molecule has 0 radical (unpaired) electrons. The van der Waals surface area contributed by atoms with E-state index in [2.05, 4.69) is 17.1 Å². The minimum absolute atomic E-state index is 0.351. The van der Waals surface area contributed by atoms with Crippen LogP contribution >= 0.6 is 0 Å². The molecule has 1 saturated carbocycles. The predicted octanol–water partition coefficient (Wildman–Crippen LogP) is 2.41. The van der Waals surface area contributed by atoms with Crippen LogP contribution in [-0.2, 0) is 4.79 Å². The fraction of sp³-hybridized carbons (Fsp3) is 0.933. The Morgan fingerprint density at radius 2 is 1.78 bits per heavy atom. The van der Waals surface area contributed by atoms with E-state index in [1.807, 2.05) is 0 Å². The highest BCUT2D eigenvalue weighted by molar-refractivity contribution is 5.79. The second kappa shape index (κ2) is 7.13. The van der Waals surface area contributed by atoms with Gasteiger partial charge in [0, 0.05) is 19.0 Å². The molecule has 1 heterocycles. The minimum Gasteiger partial charge on any atom is -0.342 e. The molecule has 1 amide bonds. The van der Waals surface area contributed by atoms with Gasteiger partial charge in [-0.15, -0.1) is 0 Å². The average Bonchev–Trinajstić information content (AvgIpc) is 2.46. The summed E-state index contributed by atoms with van der Waals surface area (Å²) >= 11 is 0. The van der Waals surface area contributed by atoms with Crippen molar-refractivity contribution >= 4 is 5.91 Å². The van der Waals surface area contributed by atoms with Crippen molar-refractivity contribution in [1.82, 2.24) is 10.2 Å². The first-order valence-corrected chi connectivity index (χ1v) is 7.80. The molecule has 0 spiro atoms. The molecule has 18 heavy (non-hydrogen) atoms. The summed E-state index contributed by atoms with van der Waals surface area (Å²) in [4.78, 5) is 14.5. The van der Waals surface area contributed by atoms with E-state index in [1.165, 1.54) is 32.1 Å². The number of nitrogens with one attached hydrogen (secondary N) is 1. The zero-order chi connectivity index (χ0) is 12.8. The van der Waals surface area contributed by atoms with Gasteiger partial charge in [0.05, 0.1) is 0 Å². The summed E-state index contributed by atoms with van der Waals surface area (Å²) in [7, 11) is 0. The molecular weight excluding hydrogens is 224 g/mol. The van der Waals surface area contributed by atoms with E-state index in [4.69, 9.17) is 0 Å². The third-order valence-electron chi connectivity index (χ3n) is 4.56. The summed E-state index contributed by atoms with van der Waals surface area (Å²) in [6.45, 7) is 6.32. The van der Waals surface area contributed by atoms with Crippen molar-refractivity contribution in [1.29, 1.82) is 0 Å². The molecule has 3 heteroatoms. The van der Waals surface area contributed by atoms with Gasteiger partial charge in [-0.05, 0) is 44.7 Å². The number of amides is 1. The Kier molecular flexibility index (Phi) is 5.48. The van der Waals surface area contributed by atoms with Crippen molar-refractivity contribution in [2.45, 2.75) is 51.9 Å². The van der Waals surface area contributed by atoms with Crippen molar-refractivity contribution in [2.24, 2.45) is 11.8 Å². The van der Waals surface area contributed by atoms with Crippen LogP contribution < -0.4 is 5.32 Å². The number of hydrogen-bond donors (Lipinski definition) is 1. The Hall–Kier alpha value is -0.570. The standard InChI is InChI=1S/C15H28N2O/c1-2-16-12-13-8-10-17(11-9-13)15(18)14-6-4-3-5-7-14/h13-14,16H,2-12H2,1H3. The molecule has 2 fully saturated rings. The molecule has 104 valence electrons. The van der Waals surface area contributed by atoms with Crippen LogP contribution in [0.15, 0.2) is 0 Å². The molecule has 1 aliphatic carbocycles. The molecule has 0 aromatic carbocycles. The second-order valence-electron chi connectivity index (χ2n) is 5.91. The zero-order valence-electron chi connectivity index (χ0n) is 11.8. The number of carbonyl (C=O) groups excluding carboxylic acids is 1. The fourth-order valence-corrected chi connectivity index (χ4v) is 3.31. The van der Waals surface area contributed by atoms with Crippen LogP contribution in [0.1, 0.15) is 51.9 Å². The lowest BCUT2D eigenvalue weighted by molar-refractivity contribution is -0.138. The summed E-state index contributed by atoms with van der Waals surface area (Å²) in [5.74, 6) is 1.58. The molecule has 3 nitrogen and oxygen atoms in total. The Morgan fingerprint density at radius 3 is 2.39 bits per heavy atom. The Morgan fingerprint density at radius 1 is 1.11 bits per heavy atom. The number of hydrogen-bond acceptors (Lipinski definition) is 2. The number of rotatable bonds is 4. The van der Waals surface area contributed by atoms with Crippen molar-refractivity contribution in [2.75, 3.05) is 26.2 Å². The van der Waals surface area contributed by atoms with Crippen LogP contribution in [0.25, 0.3) is 0 Å². The van der Waals surface area contributed by atoms with Crippen LogP contribution in [0.4, 0.5) is 0 Å². The van der Waals surface area contributed by atoms with E-state index in [-0.39, 0.29) is 0 Å². The van der Waals surface area contributed by atoms with Crippen molar-refractivity contribution in [3.8, 4) is 0 Å². The van der Waals surface area contributed by atoms with Gasteiger partial charge in [-0.1, -0.05) is 26.2 Å². The Labute approximate surface area is 111 Å². The van der Waals surface area contributed by atoms with E-state index in [0.717, 1.165) is 44.9 Å². The lowest BCUT2D eigenvalue weighted by atomic mass is 9.87. The Balaban J connectivity index is 1.73. The van der Waals surface area contributed by atoms with Crippen LogP contribution in [-0.4, -0.2) is 37.0 Å². The van der Waals surface area contributed by atoms with Gasteiger partial charge in [-0.25, -0.2) is 0 Å². The number of likely N-dealkylation sites (tertiary alicyclic amines) is 1. The molecule has 0 aromatic heterocycles. The van der Waals surface area contributed by atoms with Gasteiger partial charge in [-0.2, -0.15) is 0 Å². The van der Waals surface area contributed by atoms with Gasteiger partial charge in [0.25, 0.3) is 0 Å². The molecule has 0 bridgehead atoms. The summed E-state index contributed by atoms with van der Waals surface area (Å²) in [6, 6.07) is 0. The van der Waals surface area contributed by atoms with Crippen molar-refractivity contribution in [3.63, 3.8) is 0 Å². The minimum atomic E-state index is 0.351. The predicted molar refractivity (Wildman–Crippen MR) is 74.4 cm³/mol. The van der Waals surface area contributed by atoms with Crippen molar-refractivity contribution in [3.05, 3.63) is 0 Å². The number of nitrogens with zero attached hydrogens (tertiary/aromatic N) is 1. The van der Waals surface area contributed by atoms with Gasteiger partial charge in [-0.3, -0.25) is 4.79 Å². The summed E-state index contributed by atoms with van der Waals surface area (Å²) < 4.78 is 0. The van der Waals surface area contributed by atoms with E-state index in [1.54, 1.807) is 0 Å². The van der Waals surface area contributed by atoms with Crippen LogP contribution in [0.5, 0.6) is 0 Å². The van der Waals surface area contributed by atoms with E-state index < -0.39 is 0 Å². The molecule has 0 atom stereocenters. The molecule has 0 aromatic rings. The quantitative estimate of drug-likeness (QED) is 0.833. The lowest BCUT2D eigenvalue weighted by Gasteiger charge is -2.35. The van der Waals surface area contributed by atoms with Gasteiger partial charge < -0.3 is 10.2 Å². The SMILES string of the molecule is CCNCC1CCN(C(=O)C2CCCCC2)CC1. The zero-order valence-corrected chi connectivity index (χ0v) is 11.8. The van der Waals surface area contributed by atoms with Crippen LogP contribution in [0, 0.1) is 11.8 Å². The van der Waals surface area contributed by atoms with Crippen LogP contribution in [0.2, 0.25) is 0 Å². The third kappa shape index (κ3) is 3.71. The summed E-state index contributed by atoms with van der Waals surface area (Å²) in [6.07, 6.45) is 8.48. The molecular formula is C15H28N2O. The van der Waals surface area contributed by atoms with Crippen molar-refractivity contribution < 1.29 is 4.79 Å². The molecule has 2 rings (SSSR count). The molecule has 1 aliphatic heterocycles. The van der Waals surface area contributed by atoms with E-state index in [9.17, 15) is 4.79 Å². The first kappa shape index (κ1) is 13.9.